The molecule has 0 aromatic heterocycles. The van der Waals surface area contributed by atoms with Crippen LogP contribution in [-0.4, -0.2) is 16.2 Å². The van der Waals surface area contributed by atoms with Crippen molar-refractivity contribution < 1.29 is 15.0 Å². The summed E-state index contributed by atoms with van der Waals surface area (Å²) in [6.45, 7) is 0. The Morgan fingerprint density at radius 3 is 2.71 bits per heavy atom. The second kappa shape index (κ2) is 4.63. The van der Waals surface area contributed by atoms with E-state index in [-0.39, 0.29) is 12.2 Å². The van der Waals surface area contributed by atoms with Crippen LogP contribution < -0.4 is 0 Å². The number of rotatable bonds is 3. The second-order valence-electron chi connectivity index (χ2n) is 3.85. The smallest absolute Gasteiger partial charge is 0.303 e. The van der Waals surface area contributed by atoms with E-state index in [0.717, 1.165) is 16.3 Å². The van der Waals surface area contributed by atoms with Gasteiger partial charge in [-0.05, 0) is 23.4 Å². The van der Waals surface area contributed by atoms with Crippen LogP contribution in [0, 0.1) is 0 Å². The molecule has 4 heteroatoms. The van der Waals surface area contributed by atoms with E-state index in [1.807, 2.05) is 12.1 Å². The molecule has 17 heavy (non-hydrogen) atoms. The lowest BCUT2D eigenvalue weighted by molar-refractivity contribution is -0.136. The summed E-state index contributed by atoms with van der Waals surface area (Å²) in [5.41, 5.74) is 0.946. The fourth-order valence-electron chi connectivity index (χ4n) is 1.74. The van der Waals surface area contributed by atoms with E-state index < -0.39 is 5.97 Å². The number of aryl methyl sites for hydroxylation is 1. The number of aliphatic carboxylic acids is 1. The van der Waals surface area contributed by atoms with Crippen LogP contribution in [0.25, 0.3) is 10.8 Å². The molecule has 0 unspecified atom stereocenters. The number of hydrogen-bond donors (Lipinski definition) is 2. The minimum atomic E-state index is -0.811. The number of hydrogen-bond acceptors (Lipinski definition) is 2. The highest BCUT2D eigenvalue weighted by Gasteiger charge is 2.05. The van der Waals surface area contributed by atoms with Crippen LogP contribution in [0.4, 0.5) is 0 Å². The van der Waals surface area contributed by atoms with Crippen molar-refractivity contribution in [3.63, 3.8) is 0 Å². The number of halogens is 1. The first-order chi connectivity index (χ1) is 8.08. The van der Waals surface area contributed by atoms with Gasteiger partial charge in [-0.25, -0.2) is 0 Å². The van der Waals surface area contributed by atoms with Gasteiger partial charge in [0.2, 0.25) is 0 Å². The molecule has 2 rings (SSSR count). The van der Waals surface area contributed by atoms with Gasteiger partial charge >= 0.3 is 5.97 Å². The molecule has 2 aromatic rings. The maximum Gasteiger partial charge on any atom is 0.303 e. The van der Waals surface area contributed by atoms with Crippen molar-refractivity contribution in [2.24, 2.45) is 0 Å². The fraction of sp³-hybridized carbons (Fsp3) is 0.154. The van der Waals surface area contributed by atoms with Crippen LogP contribution in [0.3, 0.4) is 0 Å². The summed E-state index contributed by atoms with van der Waals surface area (Å²) >= 11 is 5.96. The topological polar surface area (TPSA) is 57.5 Å². The first kappa shape index (κ1) is 11.7. The van der Waals surface area contributed by atoms with E-state index >= 15 is 0 Å². The van der Waals surface area contributed by atoms with Gasteiger partial charge in [-0.3, -0.25) is 4.79 Å². The molecule has 2 aromatic carbocycles. The SMILES string of the molecule is O=C(O)CCc1ccc2c(Cl)c(O)ccc2c1. The van der Waals surface area contributed by atoms with E-state index in [0.29, 0.717) is 11.4 Å². The largest absolute Gasteiger partial charge is 0.506 e. The maximum atomic E-state index is 10.5. The Morgan fingerprint density at radius 1 is 1.24 bits per heavy atom. The third-order valence-electron chi connectivity index (χ3n) is 2.63. The zero-order valence-electron chi connectivity index (χ0n) is 8.98. The summed E-state index contributed by atoms with van der Waals surface area (Å²) in [4.78, 5) is 10.5. The van der Waals surface area contributed by atoms with E-state index in [1.165, 1.54) is 6.07 Å². The Kier molecular flexibility index (Phi) is 3.20. The highest BCUT2D eigenvalue weighted by atomic mass is 35.5. The quantitative estimate of drug-likeness (QED) is 0.879. The van der Waals surface area contributed by atoms with E-state index in [9.17, 15) is 9.90 Å². The Morgan fingerprint density at radius 2 is 2.00 bits per heavy atom. The molecule has 3 nitrogen and oxygen atoms in total. The number of phenolic OH excluding ortho intramolecular Hbond substituents is 1. The lowest BCUT2D eigenvalue weighted by atomic mass is 10.0. The number of aromatic hydroxyl groups is 1. The van der Waals surface area contributed by atoms with Crippen molar-refractivity contribution in [3.05, 3.63) is 40.9 Å². The molecule has 0 bridgehead atoms. The average molecular weight is 251 g/mol. The van der Waals surface area contributed by atoms with Crippen molar-refractivity contribution in [1.82, 2.24) is 0 Å². The van der Waals surface area contributed by atoms with Crippen molar-refractivity contribution >= 4 is 28.3 Å². The molecule has 0 aliphatic rings. The summed E-state index contributed by atoms with van der Waals surface area (Å²) in [5, 5.41) is 20.1. The van der Waals surface area contributed by atoms with Gasteiger partial charge in [0.15, 0.2) is 0 Å². The molecule has 0 aliphatic heterocycles. The van der Waals surface area contributed by atoms with Crippen molar-refractivity contribution in [3.8, 4) is 5.75 Å². The second-order valence-corrected chi connectivity index (χ2v) is 4.23. The Labute approximate surface area is 103 Å². The predicted molar refractivity (Wildman–Crippen MR) is 66.6 cm³/mol. The highest BCUT2D eigenvalue weighted by Crippen LogP contribution is 2.32. The van der Waals surface area contributed by atoms with Crippen LogP contribution in [-0.2, 0) is 11.2 Å². The standard InChI is InChI=1S/C13H11ClO3/c14-13-10-4-1-8(2-6-12(16)17)7-9(10)3-5-11(13)15/h1,3-5,7,15H,2,6H2,(H,16,17). The highest BCUT2D eigenvalue weighted by molar-refractivity contribution is 6.37. The monoisotopic (exact) mass is 250 g/mol. The molecule has 0 aliphatic carbocycles. The summed E-state index contributed by atoms with van der Waals surface area (Å²) in [6.07, 6.45) is 0.598. The van der Waals surface area contributed by atoms with Crippen molar-refractivity contribution in [2.75, 3.05) is 0 Å². The molecule has 0 spiro atoms. The third-order valence-corrected chi connectivity index (χ3v) is 3.02. The minimum Gasteiger partial charge on any atom is -0.506 e. The van der Waals surface area contributed by atoms with Crippen LogP contribution in [0.5, 0.6) is 5.75 Å². The van der Waals surface area contributed by atoms with Gasteiger partial charge < -0.3 is 10.2 Å². The molecule has 0 radical (unpaired) electrons. The van der Waals surface area contributed by atoms with Gasteiger partial charge in [0, 0.05) is 11.8 Å². The Hall–Kier alpha value is -1.74. The number of phenols is 1. The zero-order valence-corrected chi connectivity index (χ0v) is 9.74. The van der Waals surface area contributed by atoms with E-state index in [2.05, 4.69) is 0 Å². The molecule has 2 N–H and O–H groups in total. The summed E-state index contributed by atoms with van der Waals surface area (Å²) in [6, 6.07) is 8.82. The van der Waals surface area contributed by atoms with Gasteiger partial charge in [0.05, 0.1) is 5.02 Å². The third kappa shape index (κ3) is 2.50. The molecule has 0 saturated heterocycles. The number of carboxylic acid groups (broad SMARTS) is 1. The maximum absolute atomic E-state index is 10.5. The summed E-state index contributed by atoms with van der Waals surface area (Å²) in [7, 11) is 0. The van der Waals surface area contributed by atoms with Crippen LogP contribution >= 0.6 is 11.6 Å². The van der Waals surface area contributed by atoms with E-state index in [1.54, 1.807) is 12.1 Å². The van der Waals surface area contributed by atoms with Gasteiger partial charge in [0.1, 0.15) is 5.75 Å². The van der Waals surface area contributed by atoms with Crippen LogP contribution in [0.15, 0.2) is 30.3 Å². The van der Waals surface area contributed by atoms with E-state index in [4.69, 9.17) is 16.7 Å². The summed E-state index contributed by atoms with van der Waals surface area (Å²) < 4.78 is 0. The molecular formula is C13H11ClO3. The van der Waals surface area contributed by atoms with Gasteiger partial charge in [0.25, 0.3) is 0 Å². The van der Waals surface area contributed by atoms with Gasteiger partial charge in [-0.1, -0.05) is 35.9 Å². The average Bonchev–Trinajstić information content (AvgIpc) is 2.31. The molecule has 0 amide bonds. The Balaban J connectivity index is 2.38. The van der Waals surface area contributed by atoms with Gasteiger partial charge in [-0.2, -0.15) is 0 Å². The molecule has 0 atom stereocenters. The van der Waals surface area contributed by atoms with Gasteiger partial charge in [-0.15, -0.1) is 0 Å². The number of carboxylic acids is 1. The molecule has 0 heterocycles. The lowest BCUT2D eigenvalue weighted by Crippen LogP contribution is -1.97. The van der Waals surface area contributed by atoms with Crippen molar-refractivity contribution in [2.45, 2.75) is 12.8 Å². The Bertz CT molecular complexity index is 578. The first-order valence-electron chi connectivity index (χ1n) is 5.20. The fourth-order valence-corrected chi connectivity index (χ4v) is 1.97. The number of benzene rings is 2. The normalized spacial score (nSPS) is 10.6. The van der Waals surface area contributed by atoms with Crippen LogP contribution in [0.2, 0.25) is 5.02 Å². The number of carbonyl (C=O) groups is 1. The first-order valence-corrected chi connectivity index (χ1v) is 5.57. The molecule has 88 valence electrons. The van der Waals surface area contributed by atoms with Crippen molar-refractivity contribution in [1.29, 1.82) is 0 Å². The van der Waals surface area contributed by atoms with Crippen LogP contribution in [0.1, 0.15) is 12.0 Å². The lowest BCUT2D eigenvalue weighted by Gasteiger charge is -2.05. The summed E-state index contributed by atoms with van der Waals surface area (Å²) in [5.74, 6) is -0.758. The molecule has 0 fully saturated rings. The molecular weight excluding hydrogens is 240 g/mol. The number of fused-ring (bicyclic) bond motifs is 1. The zero-order chi connectivity index (χ0) is 12.4. The predicted octanol–water partition coefficient (Wildman–Crippen LogP) is 3.22. The molecule has 0 saturated carbocycles. The minimum absolute atomic E-state index is 0.0532.